The Labute approximate surface area is 96.9 Å². The van der Waals surface area contributed by atoms with Gasteiger partial charge in [0.25, 0.3) is 0 Å². The molecule has 90 valence electrons. The molecule has 1 aromatic carbocycles. The van der Waals surface area contributed by atoms with Crippen LogP contribution in [-0.4, -0.2) is 28.1 Å². The summed E-state index contributed by atoms with van der Waals surface area (Å²) >= 11 is 0. The zero-order valence-corrected chi connectivity index (χ0v) is 9.27. The fraction of sp³-hybridized carbons (Fsp3) is 0.182. The summed E-state index contributed by atoms with van der Waals surface area (Å²) in [7, 11) is 0. The first-order chi connectivity index (χ1) is 7.82. The number of amides is 1. The molecule has 1 rings (SSSR count). The molecule has 0 saturated heterocycles. The lowest BCUT2D eigenvalue weighted by Gasteiger charge is -2.10. The van der Waals surface area contributed by atoms with Gasteiger partial charge in [-0.05, 0) is 24.6 Å². The molecule has 6 nitrogen and oxygen atoms in total. The van der Waals surface area contributed by atoms with Crippen molar-refractivity contribution in [1.82, 2.24) is 0 Å². The zero-order chi connectivity index (χ0) is 13.2. The quantitative estimate of drug-likeness (QED) is 0.736. The van der Waals surface area contributed by atoms with E-state index in [1.165, 1.54) is 19.9 Å². The Kier molecular flexibility index (Phi) is 3.47. The van der Waals surface area contributed by atoms with E-state index in [9.17, 15) is 14.4 Å². The van der Waals surface area contributed by atoms with Crippen LogP contribution >= 0.6 is 0 Å². The van der Waals surface area contributed by atoms with Gasteiger partial charge in [0.1, 0.15) is 0 Å². The molecule has 0 aromatic heterocycles. The summed E-state index contributed by atoms with van der Waals surface area (Å²) in [5, 5.41) is 20.1. The second kappa shape index (κ2) is 4.65. The summed E-state index contributed by atoms with van der Waals surface area (Å²) in [4.78, 5) is 32.7. The Morgan fingerprint density at radius 3 is 2.00 bits per heavy atom. The number of carbonyl (C=O) groups is 3. The number of benzene rings is 1. The minimum absolute atomic E-state index is 0.0903. The Balaban J connectivity index is 3.40. The molecule has 0 bridgehead atoms. The highest BCUT2D eigenvalue weighted by Crippen LogP contribution is 2.21. The molecule has 0 unspecified atom stereocenters. The van der Waals surface area contributed by atoms with Crippen LogP contribution in [0, 0.1) is 6.92 Å². The number of carboxylic acid groups (broad SMARTS) is 2. The molecule has 3 N–H and O–H groups in total. The molecule has 0 radical (unpaired) electrons. The van der Waals surface area contributed by atoms with Crippen molar-refractivity contribution in [2.75, 3.05) is 5.32 Å². The van der Waals surface area contributed by atoms with Gasteiger partial charge in [-0.15, -0.1) is 0 Å². The molecule has 0 heterocycles. The van der Waals surface area contributed by atoms with Crippen LogP contribution in [0.4, 0.5) is 5.69 Å². The highest BCUT2D eigenvalue weighted by molar-refractivity contribution is 6.02. The lowest BCUT2D eigenvalue weighted by Crippen LogP contribution is -2.13. The van der Waals surface area contributed by atoms with E-state index in [0.717, 1.165) is 6.07 Å². The van der Waals surface area contributed by atoms with Crippen molar-refractivity contribution in [3.8, 4) is 0 Å². The van der Waals surface area contributed by atoms with Crippen LogP contribution in [-0.2, 0) is 4.79 Å². The minimum atomic E-state index is -1.30. The summed E-state index contributed by atoms with van der Waals surface area (Å²) in [5.74, 6) is -2.93. The van der Waals surface area contributed by atoms with Crippen LogP contribution in [0.25, 0.3) is 0 Å². The first-order valence-electron chi connectivity index (χ1n) is 4.71. The second-order valence-electron chi connectivity index (χ2n) is 3.50. The third-order valence-electron chi connectivity index (χ3n) is 2.14. The topological polar surface area (TPSA) is 104 Å². The number of aryl methyl sites for hydroxylation is 1. The van der Waals surface area contributed by atoms with Crippen molar-refractivity contribution >= 4 is 23.5 Å². The maximum Gasteiger partial charge on any atom is 0.337 e. The summed E-state index contributed by atoms with van der Waals surface area (Å²) in [6.45, 7) is 2.77. The number of carboxylic acids is 2. The van der Waals surface area contributed by atoms with E-state index in [1.54, 1.807) is 0 Å². The Hall–Kier alpha value is -2.37. The van der Waals surface area contributed by atoms with E-state index in [4.69, 9.17) is 10.2 Å². The number of carbonyl (C=O) groups excluding carboxylic acids is 1. The van der Waals surface area contributed by atoms with E-state index in [0.29, 0.717) is 5.56 Å². The third kappa shape index (κ3) is 2.81. The predicted octanol–water partition coefficient (Wildman–Crippen LogP) is 1.35. The molecular weight excluding hydrogens is 226 g/mol. The van der Waals surface area contributed by atoms with Crippen molar-refractivity contribution in [2.45, 2.75) is 13.8 Å². The summed E-state index contributed by atoms with van der Waals surface area (Å²) < 4.78 is 0. The van der Waals surface area contributed by atoms with E-state index >= 15 is 0 Å². The molecule has 17 heavy (non-hydrogen) atoms. The van der Waals surface area contributed by atoms with Gasteiger partial charge in [-0.3, -0.25) is 4.79 Å². The van der Waals surface area contributed by atoms with E-state index < -0.39 is 17.8 Å². The summed E-state index contributed by atoms with van der Waals surface area (Å²) in [5.41, 5.74) is 0.124. The zero-order valence-electron chi connectivity index (χ0n) is 9.27. The van der Waals surface area contributed by atoms with Crippen LogP contribution < -0.4 is 5.32 Å². The monoisotopic (exact) mass is 237 g/mol. The molecule has 0 aliphatic heterocycles. The lowest BCUT2D eigenvalue weighted by molar-refractivity contribution is -0.114. The SMILES string of the molecule is CC(=O)Nc1cc(C)c(C(=O)O)cc1C(=O)O. The van der Waals surface area contributed by atoms with Crippen LogP contribution in [0.5, 0.6) is 0 Å². The average molecular weight is 237 g/mol. The largest absolute Gasteiger partial charge is 0.478 e. The van der Waals surface area contributed by atoms with Crippen molar-refractivity contribution in [1.29, 1.82) is 0 Å². The summed E-state index contributed by atoms with van der Waals surface area (Å²) in [6.07, 6.45) is 0. The lowest BCUT2D eigenvalue weighted by atomic mass is 10.0. The highest BCUT2D eigenvalue weighted by atomic mass is 16.4. The number of hydrogen-bond acceptors (Lipinski definition) is 3. The third-order valence-corrected chi connectivity index (χ3v) is 2.14. The molecule has 6 heteroatoms. The van der Waals surface area contributed by atoms with E-state index in [2.05, 4.69) is 5.32 Å². The molecule has 1 aromatic rings. The number of anilines is 1. The molecule has 0 atom stereocenters. The fourth-order valence-electron chi connectivity index (χ4n) is 1.41. The molecule has 0 aliphatic carbocycles. The number of rotatable bonds is 3. The molecule has 0 aliphatic rings. The highest BCUT2D eigenvalue weighted by Gasteiger charge is 2.17. The Morgan fingerprint density at radius 1 is 1.06 bits per heavy atom. The Morgan fingerprint density at radius 2 is 1.59 bits per heavy atom. The van der Waals surface area contributed by atoms with Crippen LogP contribution in [0.2, 0.25) is 0 Å². The first kappa shape index (κ1) is 12.7. The van der Waals surface area contributed by atoms with Crippen molar-refractivity contribution < 1.29 is 24.6 Å². The van der Waals surface area contributed by atoms with Gasteiger partial charge in [-0.2, -0.15) is 0 Å². The van der Waals surface area contributed by atoms with E-state index in [-0.39, 0.29) is 16.8 Å². The normalized spacial score (nSPS) is 9.76. The van der Waals surface area contributed by atoms with Crippen LogP contribution in [0.15, 0.2) is 12.1 Å². The van der Waals surface area contributed by atoms with Gasteiger partial charge >= 0.3 is 11.9 Å². The Bertz CT molecular complexity index is 507. The standard InChI is InChI=1S/C11H11NO5/c1-5-3-9(12-6(2)13)8(11(16)17)4-7(5)10(14)15/h3-4H,1-2H3,(H,12,13)(H,14,15)(H,16,17). The maximum atomic E-state index is 10.9. The number of nitrogens with one attached hydrogen (secondary N) is 1. The van der Waals surface area contributed by atoms with Crippen LogP contribution in [0.1, 0.15) is 33.2 Å². The van der Waals surface area contributed by atoms with Gasteiger partial charge in [-0.1, -0.05) is 0 Å². The fourth-order valence-corrected chi connectivity index (χ4v) is 1.41. The maximum absolute atomic E-state index is 10.9. The smallest absolute Gasteiger partial charge is 0.337 e. The molecular formula is C11H11NO5. The van der Waals surface area contributed by atoms with Gasteiger partial charge in [0.2, 0.25) is 5.91 Å². The van der Waals surface area contributed by atoms with Gasteiger partial charge in [0.05, 0.1) is 16.8 Å². The van der Waals surface area contributed by atoms with Crippen LogP contribution in [0.3, 0.4) is 0 Å². The molecule has 0 fully saturated rings. The van der Waals surface area contributed by atoms with Gasteiger partial charge in [-0.25, -0.2) is 9.59 Å². The number of aromatic carboxylic acids is 2. The van der Waals surface area contributed by atoms with E-state index in [1.807, 2.05) is 0 Å². The van der Waals surface area contributed by atoms with Gasteiger partial charge < -0.3 is 15.5 Å². The van der Waals surface area contributed by atoms with Crippen molar-refractivity contribution in [3.63, 3.8) is 0 Å². The van der Waals surface area contributed by atoms with Gasteiger partial charge in [0, 0.05) is 6.92 Å². The van der Waals surface area contributed by atoms with Crippen molar-refractivity contribution in [3.05, 3.63) is 28.8 Å². The average Bonchev–Trinajstić information content (AvgIpc) is 2.15. The summed E-state index contributed by atoms with van der Waals surface area (Å²) in [6, 6.07) is 2.36. The first-order valence-corrected chi connectivity index (χ1v) is 4.71. The molecule has 0 saturated carbocycles. The number of hydrogen-bond donors (Lipinski definition) is 3. The molecule has 1 amide bonds. The molecule has 0 spiro atoms. The van der Waals surface area contributed by atoms with Gasteiger partial charge in [0.15, 0.2) is 0 Å². The minimum Gasteiger partial charge on any atom is -0.478 e. The van der Waals surface area contributed by atoms with Crippen molar-refractivity contribution in [2.24, 2.45) is 0 Å². The predicted molar refractivity (Wildman–Crippen MR) is 59.4 cm³/mol. The second-order valence-corrected chi connectivity index (χ2v) is 3.50.